The predicted molar refractivity (Wildman–Crippen MR) is 168 cm³/mol. The predicted octanol–water partition coefficient (Wildman–Crippen LogP) is 5.02. The number of hydrogen-bond acceptors (Lipinski definition) is 5. The number of hydrogen-bond donors (Lipinski definition) is 1. The molecule has 1 aliphatic heterocycles. The van der Waals surface area contributed by atoms with E-state index in [0.29, 0.717) is 17.7 Å². The summed E-state index contributed by atoms with van der Waals surface area (Å²) in [6, 6.07) is 17.1. The average molecular weight is 592 g/mol. The van der Waals surface area contributed by atoms with E-state index in [-0.39, 0.29) is 41.7 Å². The van der Waals surface area contributed by atoms with Crippen molar-refractivity contribution in [2.75, 3.05) is 13.2 Å². The number of carbonyl (C=O) groups is 4. The SMILES string of the molecule is CC(=O)N1C=C(c2ccccc2)N(CC(=O)N[C@@H](Cc2ccccc2)C(=O)CO[Si](C)(C)C(C)(C)C)C(=O)[C@H]1C(C)C. The van der Waals surface area contributed by atoms with Gasteiger partial charge in [0.1, 0.15) is 12.6 Å². The van der Waals surface area contributed by atoms with E-state index in [1.165, 1.54) is 16.7 Å². The number of carbonyl (C=O) groups excluding carboxylic acids is 4. The molecular weight excluding hydrogens is 546 g/mol. The lowest BCUT2D eigenvalue weighted by atomic mass is 9.97. The zero-order chi connectivity index (χ0) is 31.2. The molecule has 42 heavy (non-hydrogen) atoms. The third-order valence-electron chi connectivity index (χ3n) is 8.13. The molecule has 9 heteroatoms. The van der Waals surface area contributed by atoms with Crippen LogP contribution in [0.1, 0.15) is 52.7 Å². The maximum atomic E-state index is 13.8. The standard InChI is InChI=1S/C33H45N3O5Si/c1-23(2)31-32(40)36(28(20-35(31)24(3)37)26-17-13-10-14-18-26)21-30(39)34-27(19-25-15-11-9-12-16-25)29(38)22-41-42(7,8)33(4,5)6/h9-18,20,23,27,31H,19,21-22H2,1-8H3,(H,34,39)/t27-,31+/m0/s1. The van der Waals surface area contributed by atoms with Gasteiger partial charge in [0.15, 0.2) is 14.1 Å². The molecule has 0 aliphatic carbocycles. The molecule has 3 amide bonds. The number of nitrogens with one attached hydrogen (secondary N) is 1. The van der Waals surface area contributed by atoms with E-state index in [2.05, 4.69) is 39.2 Å². The second kappa shape index (κ2) is 13.6. The summed E-state index contributed by atoms with van der Waals surface area (Å²) in [6.45, 7) is 15.3. The molecule has 3 rings (SSSR count). The topological polar surface area (TPSA) is 96.0 Å². The lowest BCUT2D eigenvalue weighted by molar-refractivity contribution is -0.145. The summed E-state index contributed by atoms with van der Waals surface area (Å²) < 4.78 is 6.20. The van der Waals surface area contributed by atoms with Gasteiger partial charge in [-0.25, -0.2) is 0 Å². The second-order valence-electron chi connectivity index (χ2n) is 12.7. The number of ketones is 1. The molecule has 8 nitrogen and oxygen atoms in total. The van der Waals surface area contributed by atoms with Gasteiger partial charge in [-0.3, -0.25) is 24.1 Å². The summed E-state index contributed by atoms with van der Waals surface area (Å²) in [4.78, 5) is 56.4. The summed E-state index contributed by atoms with van der Waals surface area (Å²) in [7, 11) is -2.20. The molecule has 226 valence electrons. The van der Waals surface area contributed by atoms with Crippen LogP contribution in [0.25, 0.3) is 5.70 Å². The molecule has 0 fully saturated rings. The number of Topliss-reactive ketones (excluding diaryl/α,β-unsaturated/α-hetero) is 1. The highest BCUT2D eigenvalue weighted by atomic mass is 28.4. The summed E-state index contributed by atoms with van der Waals surface area (Å²) in [6.07, 6.45) is 1.95. The van der Waals surface area contributed by atoms with Crippen LogP contribution in [-0.4, -0.2) is 66.9 Å². The molecule has 2 aromatic rings. The van der Waals surface area contributed by atoms with Crippen LogP contribution in [0.5, 0.6) is 0 Å². The molecule has 0 bridgehead atoms. The molecule has 2 aromatic carbocycles. The lowest BCUT2D eigenvalue weighted by Gasteiger charge is -2.40. The second-order valence-corrected chi connectivity index (χ2v) is 17.6. The Balaban J connectivity index is 1.89. The number of benzene rings is 2. The Bertz CT molecular complexity index is 1300. The van der Waals surface area contributed by atoms with Crippen LogP contribution in [0.2, 0.25) is 18.1 Å². The molecule has 0 saturated carbocycles. The number of amides is 3. The van der Waals surface area contributed by atoms with Gasteiger partial charge < -0.3 is 14.6 Å². The first-order valence-electron chi connectivity index (χ1n) is 14.5. The van der Waals surface area contributed by atoms with Crippen molar-refractivity contribution in [1.29, 1.82) is 0 Å². The quantitative estimate of drug-likeness (QED) is 0.371. The normalized spacial score (nSPS) is 16.7. The molecule has 0 unspecified atom stereocenters. The molecule has 0 radical (unpaired) electrons. The van der Waals surface area contributed by atoms with Gasteiger partial charge in [-0.05, 0) is 41.6 Å². The summed E-state index contributed by atoms with van der Waals surface area (Å²) in [5, 5.41) is 2.83. The van der Waals surface area contributed by atoms with Crippen LogP contribution in [0, 0.1) is 5.92 Å². The third kappa shape index (κ3) is 8.04. The Morgan fingerprint density at radius 1 is 0.976 bits per heavy atom. The highest BCUT2D eigenvalue weighted by molar-refractivity contribution is 6.74. The molecule has 1 aliphatic rings. The van der Waals surface area contributed by atoms with E-state index in [1.54, 1.807) is 6.20 Å². The largest absolute Gasteiger partial charge is 0.409 e. The van der Waals surface area contributed by atoms with Crippen molar-refractivity contribution in [3.05, 3.63) is 78.0 Å². The molecule has 0 spiro atoms. The maximum Gasteiger partial charge on any atom is 0.250 e. The maximum absolute atomic E-state index is 13.8. The van der Waals surface area contributed by atoms with Crippen LogP contribution in [0.15, 0.2) is 66.9 Å². The first-order valence-corrected chi connectivity index (χ1v) is 17.4. The lowest BCUT2D eigenvalue weighted by Crippen LogP contribution is -2.56. The molecule has 0 aromatic heterocycles. The van der Waals surface area contributed by atoms with Gasteiger partial charge in [0.2, 0.25) is 11.8 Å². The average Bonchev–Trinajstić information content (AvgIpc) is 2.92. The fourth-order valence-electron chi connectivity index (χ4n) is 4.62. The van der Waals surface area contributed by atoms with Crippen molar-refractivity contribution in [1.82, 2.24) is 15.1 Å². The van der Waals surface area contributed by atoms with E-state index in [1.807, 2.05) is 74.5 Å². The highest BCUT2D eigenvalue weighted by Gasteiger charge is 2.41. The Kier molecular flexibility index (Phi) is 10.7. The summed E-state index contributed by atoms with van der Waals surface area (Å²) >= 11 is 0. The van der Waals surface area contributed by atoms with Crippen molar-refractivity contribution in [2.24, 2.45) is 5.92 Å². The molecule has 1 N–H and O–H groups in total. The number of nitrogens with zero attached hydrogens (tertiary/aromatic N) is 2. The van der Waals surface area contributed by atoms with Crippen molar-refractivity contribution in [2.45, 2.75) is 78.2 Å². The van der Waals surface area contributed by atoms with Crippen LogP contribution >= 0.6 is 0 Å². The summed E-state index contributed by atoms with van der Waals surface area (Å²) in [5.41, 5.74) is 2.06. The minimum atomic E-state index is -2.20. The molecular formula is C33H45N3O5Si. The van der Waals surface area contributed by atoms with Crippen LogP contribution in [-0.2, 0) is 30.0 Å². The van der Waals surface area contributed by atoms with Crippen molar-refractivity contribution >= 4 is 37.5 Å². The van der Waals surface area contributed by atoms with Crippen molar-refractivity contribution in [3.8, 4) is 0 Å². The fourth-order valence-corrected chi connectivity index (χ4v) is 5.56. The first kappa shape index (κ1) is 32.9. The third-order valence-corrected chi connectivity index (χ3v) is 12.6. The van der Waals surface area contributed by atoms with Gasteiger partial charge in [0, 0.05) is 13.1 Å². The van der Waals surface area contributed by atoms with Crippen molar-refractivity contribution < 1.29 is 23.6 Å². The van der Waals surface area contributed by atoms with E-state index < -0.39 is 26.3 Å². The minimum absolute atomic E-state index is 0.0685. The zero-order valence-electron chi connectivity index (χ0n) is 26.1. The van der Waals surface area contributed by atoms with Crippen LogP contribution in [0.3, 0.4) is 0 Å². The van der Waals surface area contributed by atoms with Gasteiger partial charge in [-0.15, -0.1) is 0 Å². The monoisotopic (exact) mass is 591 g/mol. The van der Waals surface area contributed by atoms with E-state index in [4.69, 9.17) is 4.43 Å². The Labute approximate surface area is 251 Å². The fraction of sp³-hybridized carbons (Fsp3) is 0.455. The van der Waals surface area contributed by atoms with Gasteiger partial charge >= 0.3 is 0 Å². The Hall–Kier alpha value is -3.56. The Morgan fingerprint density at radius 2 is 1.55 bits per heavy atom. The Morgan fingerprint density at radius 3 is 2.07 bits per heavy atom. The van der Waals surface area contributed by atoms with E-state index in [0.717, 1.165) is 5.56 Å². The molecule has 2 atom stereocenters. The van der Waals surface area contributed by atoms with Gasteiger partial charge in [0.25, 0.3) is 5.91 Å². The number of rotatable bonds is 11. The smallest absolute Gasteiger partial charge is 0.250 e. The van der Waals surface area contributed by atoms with E-state index >= 15 is 0 Å². The van der Waals surface area contributed by atoms with Gasteiger partial charge in [-0.2, -0.15) is 0 Å². The molecule has 0 saturated heterocycles. The minimum Gasteiger partial charge on any atom is -0.409 e. The van der Waals surface area contributed by atoms with Gasteiger partial charge in [-0.1, -0.05) is 95.3 Å². The van der Waals surface area contributed by atoms with Crippen LogP contribution < -0.4 is 5.32 Å². The van der Waals surface area contributed by atoms with Crippen LogP contribution in [0.4, 0.5) is 0 Å². The van der Waals surface area contributed by atoms with E-state index in [9.17, 15) is 19.2 Å². The van der Waals surface area contributed by atoms with Gasteiger partial charge in [0.05, 0.1) is 18.3 Å². The zero-order valence-corrected chi connectivity index (χ0v) is 27.1. The first-order chi connectivity index (χ1) is 19.6. The summed E-state index contributed by atoms with van der Waals surface area (Å²) in [5.74, 6) is -1.46. The highest BCUT2D eigenvalue weighted by Crippen LogP contribution is 2.36. The van der Waals surface area contributed by atoms with Crippen molar-refractivity contribution in [3.63, 3.8) is 0 Å². The molecule has 1 heterocycles.